The summed E-state index contributed by atoms with van der Waals surface area (Å²) in [6.07, 6.45) is 2.27. The van der Waals surface area contributed by atoms with Gasteiger partial charge in [0.05, 0.1) is 38.9 Å². The first-order valence-corrected chi connectivity index (χ1v) is 14.1. The van der Waals surface area contributed by atoms with E-state index >= 15 is 0 Å². The van der Waals surface area contributed by atoms with Crippen LogP contribution in [0.25, 0.3) is 10.9 Å². The average molecular weight is 607 g/mol. The van der Waals surface area contributed by atoms with Gasteiger partial charge in [-0.05, 0) is 77.8 Å². The molecule has 192 valence electrons. The van der Waals surface area contributed by atoms with Gasteiger partial charge in [0.25, 0.3) is 5.91 Å². The number of carbonyl (C=O) groups excluding carboxylic acids is 1. The van der Waals surface area contributed by atoms with E-state index in [2.05, 4.69) is 25.9 Å². The Morgan fingerprint density at radius 2 is 1.86 bits per heavy atom. The van der Waals surface area contributed by atoms with Crippen LogP contribution in [0.2, 0.25) is 5.02 Å². The monoisotopic (exact) mass is 605 g/mol. The Morgan fingerprint density at radius 1 is 1.14 bits per heavy atom. The van der Waals surface area contributed by atoms with Crippen LogP contribution in [-0.4, -0.2) is 35.7 Å². The zero-order valence-electron chi connectivity index (χ0n) is 20.0. The summed E-state index contributed by atoms with van der Waals surface area (Å²) >= 11 is 9.45. The summed E-state index contributed by atoms with van der Waals surface area (Å²) in [7, 11) is -3.90. The van der Waals surface area contributed by atoms with E-state index < -0.39 is 27.2 Å². The summed E-state index contributed by atoms with van der Waals surface area (Å²) in [4.78, 5) is 23.3. The number of rotatable bonds is 6. The van der Waals surface area contributed by atoms with Crippen LogP contribution in [0.15, 0.2) is 70.3 Å². The van der Waals surface area contributed by atoms with Crippen LogP contribution in [0.1, 0.15) is 35.5 Å². The van der Waals surface area contributed by atoms with Crippen LogP contribution >= 0.6 is 27.5 Å². The first kappa shape index (κ1) is 27.1. The molecule has 2 heterocycles. The SMILES string of the molecule is CC(C)(O)c1ccc(C(=O)N(Cc2ccc3cc(Cl)c(Br)nc3c2)c2ccc(F)cc2S(C)(=O)=O)cn1. The summed E-state index contributed by atoms with van der Waals surface area (Å²) in [5.74, 6) is -1.30. The molecule has 11 heteroatoms. The van der Waals surface area contributed by atoms with Crippen LogP contribution in [0.4, 0.5) is 10.1 Å². The molecule has 0 atom stereocenters. The molecule has 1 N–H and O–H groups in total. The highest BCUT2D eigenvalue weighted by Crippen LogP contribution is 2.31. The maximum absolute atomic E-state index is 14.1. The minimum Gasteiger partial charge on any atom is -0.384 e. The van der Waals surface area contributed by atoms with Gasteiger partial charge >= 0.3 is 0 Å². The number of pyridine rings is 2. The van der Waals surface area contributed by atoms with Crippen molar-refractivity contribution in [3.05, 3.63) is 93.1 Å². The molecular formula is C26H22BrClFN3O4S. The Labute approximate surface area is 227 Å². The number of aliphatic hydroxyl groups is 1. The lowest BCUT2D eigenvalue weighted by Crippen LogP contribution is -2.32. The van der Waals surface area contributed by atoms with Crippen molar-refractivity contribution in [2.24, 2.45) is 0 Å². The lowest BCUT2D eigenvalue weighted by molar-refractivity contribution is 0.0736. The first-order chi connectivity index (χ1) is 17.2. The molecule has 0 spiro atoms. The number of amides is 1. The van der Waals surface area contributed by atoms with Crippen LogP contribution in [0, 0.1) is 5.82 Å². The van der Waals surface area contributed by atoms with Crippen LogP contribution in [0.5, 0.6) is 0 Å². The van der Waals surface area contributed by atoms with E-state index in [1.807, 2.05) is 0 Å². The van der Waals surface area contributed by atoms with Gasteiger partial charge in [-0.1, -0.05) is 23.7 Å². The third kappa shape index (κ3) is 5.98. The molecule has 0 bridgehead atoms. The molecule has 4 rings (SSSR count). The number of sulfone groups is 1. The zero-order chi connectivity index (χ0) is 27.1. The maximum atomic E-state index is 14.1. The number of nitrogens with zero attached hydrogens (tertiary/aromatic N) is 3. The number of aromatic nitrogens is 2. The number of halogens is 3. The summed E-state index contributed by atoms with van der Waals surface area (Å²) in [6, 6.07) is 13.3. The lowest BCUT2D eigenvalue weighted by Gasteiger charge is -2.25. The topological polar surface area (TPSA) is 100 Å². The second-order valence-corrected chi connectivity index (χ2v) is 12.2. The fourth-order valence-electron chi connectivity index (χ4n) is 3.76. The average Bonchev–Trinajstić information content (AvgIpc) is 2.82. The molecule has 0 saturated carbocycles. The Balaban J connectivity index is 1.84. The van der Waals surface area contributed by atoms with E-state index in [4.69, 9.17) is 11.6 Å². The van der Waals surface area contributed by atoms with Crippen molar-refractivity contribution in [1.82, 2.24) is 9.97 Å². The molecule has 4 aromatic rings. The molecule has 2 aromatic heterocycles. The largest absolute Gasteiger partial charge is 0.384 e. The fourth-order valence-corrected chi connectivity index (χ4v) is 5.11. The molecule has 0 aliphatic carbocycles. The maximum Gasteiger partial charge on any atom is 0.260 e. The smallest absolute Gasteiger partial charge is 0.260 e. The standard InChI is InChI=1S/C26H22BrClFN3O4S/c1-26(2,34)23-9-6-17(13-30-23)25(33)32(21-8-7-18(29)12-22(21)37(3,35)36)14-15-4-5-16-11-19(28)24(27)31-20(16)10-15/h4-13,34H,14H2,1-3H3. The molecule has 0 aliphatic rings. The summed E-state index contributed by atoms with van der Waals surface area (Å²) in [5.41, 5.74) is 0.582. The van der Waals surface area contributed by atoms with Gasteiger partial charge in [-0.3, -0.25) is 9.78 Å². The number of carbonyl (C=O) groups is 1. The Morgan fingerprint density at radius 3 is 2.49 bits per heavy atom. The number of hydrogen-bond acceptors (Lipinski definition) is 6. The summed E-state index contributed by atoms with van der Waals surface area (Å²) in [5, 5.41) is 11.4. The molecule has 0 radical (unpaired) electrons. The number of anilines is 1. The highest BCUT2D eigenvalue weighted by molar-refractivity contribution is 9.10. The third-order valence-corrected chi connectivity index (χ3v) is 7.87. The number of fused-ring (bicyclic) bond motifs is 1. The summed E-state index contributed by atoms with van der Waals surface area (Å²) < 4.78 is 39.6. The molecule has 7 nitrogen and oxygen atoms in total. The van der Waals surface area contributed by atoms with Gasteiger partial charge in [-0.25, -0.2) is 17.8 Å². The van der Waals surface area contributed by atoms with Gasteiger partial charge in [-0.2, -0.15) is 0 Å². The first-order valence-electron chi connectivity index (χ1n) is 11.0. The van der Waals surface area contributed by atoms with Gasteiger partial charge in [0, 0.05) is 17.8 Å². The third-order valence-electron chi connectivity index (χ3n) is 5.63. The van der Waals surface area contributed by atoms with Crippen molar-refractivity contribution in [2.45, 2.75) is 30.9 Å². The molecular weight excluding hydrogens is 585 g/mol. The van der Waals surface area contributed by atoms with Crippen molar-refractivity contribution in [2.75, 3.05) is 11.2 Å². The van der Waals surface area contributed by atoms with Gasteiger partial charge in [0.15, 0.2) is 9.84 Å². The lowest BCUT2D eigenvalue weighted by atomic mass is 10.0. The van der Waals surface area contributed by atoms with E-state index in [0.717, 1.165) is 23.8 Å². The quantitative estimate of drug-likeness (QED) is 0.284. The van der Waals surface area contributed by atoms with Crippen LogP contribution in [-0.2, 0) is 22.0 Å². The van der Waals surface area contributed by atoms with E-state index in [1.54, 1.807) is 38.1 Å². The van der Waals surface area contributed by atoms with Crippen molar-refractivity contribution in [3.8, 4) is 0 Å². The molecule has 0 fully saturated rings. The second-order valence-electron chi connectivity index (χ2n) is 9.05. The normalized spacial score (nSPS) is 12.1. The van der Waals surface area contributed by atoms with Crippen LogP contribution < -0.4 is 4.90 Å². The molecule has 0 saturated heterocycles. The predicted molar refractivity (Wildman–Crippen MR) is 144 cm³/mol. The van der Waals surface area contributed by atoms with Gasteiger partial charge in [0.1, 0.15) is 16.0 Å². The van der Waals surface area contributed by atoms with E-state index in [9.17, 15) is 22.7 Å². The second kappa shape index (κ2) is 10.1. The van der Waals surface area contributed by atoms with Crippen molar-refractivity contribution >= 4 is 59.9 Å². The van der Waals surface area contributed by atoms with Crippen LogP contribution in [0.3, 0.4) is 0 Å². The van der Waals surface area contributed by atoms with E-state index in [-0.39, 0.29) is 22.7 Å². The minimum absolute atomic E-state index is 0.0193. The number of benzene rings is 2. The Kier molecular flexibility index (Phi) is 7.40. The minimum atomic E-state index is -3.90. The molecule has 37 heavy (non-hydrogen) atoms. The molecule has 0 unspecified atom stereocenters. The van der Waals surface area contributed by atoms with Gasteiger partial charge in [0.2, 0.25) is 0 Å². The van der Waals surface area contributed by atoms with E-state index in [0.29, 0.717) is 26.4 Å². The zero-order valence-corrected chi connectivity index (χ0v) is 23.2. The van der Waals surface area contributed by atoms with Gasteiger partial charge in [-0.15, -0.1) is 0 Å². The van der Waals surface area contributed by atoms with E-state index in [1.165, 1.54) is 29.3 Å². The predicted octanol–water partition coefficient (Wildman–Crippen LogP) is 5.66. The number of hydrogen-bond donors (Lipinski definition) is 1. The highest BCUT2D eigenvalue weighted by atomic mass is 79.9. The van der Waals surface area contributed by atoms with Crippen molar-refractivity contribution < 1.29 is 22.7 Å². The fraction of sp³-hybridized carbons (Fsp3) is 0.192. The van der Waals surface area contributed by atoms with Crippen molar-refractivity contribution in [3.63, 3.8) is 0 Å². The molecule has 2 aromatic carbocycles. The molecule has 1 amide bonds. The van der Waals surface area contributed by atoms with Crippen molar-refractivity contribution in [1.29, 1.82) is 0 Å². The van der Waals surface area contributed by atoms with Gasteiger partial charge < -0.3 is 10.0 Å². The Bertz CT molecular complexity index is 1620. The highest BCUT2D eigenvalue weighted by Gasteiger charge is 2.26. The Hall–Kier alpha value is -2.92. The molecule has 0 aliphatic heterocycles. The summed E-state index contributed by atoms with van der Waals surface area (Å²) in [6.45, 7) is 3.09.